The van der Waals surface area contributed by atoms with E-state index in [-0.39, 0.29) is 17.8 Å². The number of non-ortho nitro benzene ring substituents is 1. The smallest absolute Gasteiger partial charge is 0.410 e. The van der Waals surface area contributed by atoms with Crippen molar-refractivity contribution in [3.05, 3.63) is 28.3 Å². The number of fused-ring (bicyclic) bond motifs is 1. The van der Waals surface area contributed by atoms with Crippen molar-refractivity contribution in [2.75, 3.05) is 25.0 Å². The monoisotopic (exact) mass is 390 g/mol. The number of hydrogen-bond donors (Lipinski definition) is 0. The molecule has 1 atom stereocenters. The van der Waals surface area contributed by atoms with E-state index in [9.17, 15) is 14.9 Å². The van der Waals surface area contributed by atoms with Crippen LogP contribution in [0, 0.1) is 10.1 Å². The summed E-state index contributed by atoms with van der Waals surface area (Å²) >= 11 is 0. The molecule has 9 heteroatoms. The number of rotatable bonds is 4. The van der Waals surface area contributed by atoms with E-state index in [4.69, 9.17) is 9.15 Å². The molecule has 2 aromatic rings. The van der Waals surface area contributed by atoms with Gasteiger partial charge in [-0.2, -0.15) is 4.98 Å². The molecule has 1 amide bonds. The lowest BCUT2D eigenvalue weighted by atomic mass is 10.0. The highest BCUT2D eigenvalue weighted by molar-refractivity contribution is 5.77. The molecule has 3 rings (SSSR count). The third-order valence-electron chi connectivity index (χ3n) is 4.64. The van der Waals surface area contributed by atoms with Gasteiger partial charge in [-0.05, 0) is 46.1 Å². The van der Waals surface area contributed by atoms with Crippen molar-refractivity contribution in [2.24, 2.45) is 0 Å². The topological polar surface area (TPSA) is 102 Å². The predicted molar refractivity (Wildman–Crippen MR) is 105 cm³/mol. The SMILES string of the molecule is CN(C[C@@H]1CCCCN1C(=O)OC(C)(C)C)c1nc2cc([N+](=O)[O-])ccc2o1. The predicted octanol–water partition coefficient (Wildman–Crippen LogP) is 3.96. The molecular formula is C19H26N4O5. The molecule has 9 nitrogen and oxygen atoms in total. The van der Waals surface area contributed by atoms with Crippen LogP contribution in [0.1, 0.15) is 40.0 Å². The van der Waals surface area contributed by atoms with E-state index in [2.05, 4.69) is 4.98 Å². The minimum absolute atomic E-state index is 0.0158. The number of ether oxygens (including phenoxy) is 1. The number of likely N-dealkylation sites (tertiary alicyclic amines) is 1. The number of nitro groups is 1. The number of carbonyl (C=O) groups excluding carboxylic acids is 1. The molecule has 0 unspecified atom stereocenters. The lowest BCUT2D eigenvalue weighted by Gasteiger charge is -2.38. The third kappa shape index (κ3) is 4.52. The maximum absolute atomic E-state index is 12.6. The number of hydrogen-bond acceptors (Lipinski definition) is 7. The molecule has 0 N–H and O–H groups in total. The minimum Gasteiger partial charge on any atom is -0.444 e. The van der Waals surface area contributed by atoms with Crippen molar-refractivity contribution in [1.29, 1.82) is 0 Å². The van der Waals surface area contributed by atoms with Gasteiger partial charge in [-0.1, -0.05) is 0 Å². The van der Waals surface area contributed by atoms with Crippen LogP contribution in [0.25, 0.3) is 11.1 Å². The molecule has 0 radical (unpaired) electrons. The molecule has 2 heterocycles. The van der Waals surface area contributed by atoms with Gasteiger partial charge in [0.05, 0.1) is 11.0 Å². The molecule has 152 valence electrons. The van der Waals surface area contributed by atoms with Gasteiger partial charge in [0.1, 0.15) is 11.1 Å². The maximum Gasteiger partial charge on any atom is 0.410 e. The molecule has 0 aliphatic carbocycles. The first kappa shape index (κ1) is 19.9. The second-order valence-electron chi connectivity index (χ2n) is 8.11. The summed E-state index contributed by atoms with van der Waals surface area (Å²) in [6.45, 7) is 6.76. The molecule has 0 saturated carbocycles. The standard InChI is InChI=1S/C19H26N4O5/c1-19(2,3)28-18(24)22-10-6-5-7-14(22)12-21(4)17-20-15-11-13(23(25)26)8-9-16(15)27-17/h8-9,11,14H,5-7,10,12H2,1-4H3/t14-/m0/s1. The van der Waals surface area contributed by atoms with Crippen LogP contribution in [0.2, 0.25) is 0 Å². The Labute approximate surface area is 163 Å². The molecule has 1 aromatic carbocycles. The van der Waals surface area contributed by atoms with Gasteiger partial charge >= 0.3 is 6.09 Å². The van der Waals surface area contributed by atoms with E-state index in [0.29, 0.717) is 30.2 Å². The van der Waals surface area contributed by atoms with E-state index in [0.717, 1.165) is 19.3 Å². The van der Waals surface area contributed by atoms with Gasteiger partial charge < -0.3 is 19.0 Å². The highest BCUT2D eigenvalue weighted by Gasteiger charge is 2.31. The average Bonchev–Trinajstić information content (AvgIpc) is 3.04. The second-order valence-corrected chi connectivity index (χ2v) is 8.11. The zero-order valence-corrected chi connectivity index (χ0v) is 16.7. The fraction of sp³-hybridized carbons (Fsp3) is 0.579. The summed E-state index contributed by atoms with van der Waals surface area (Å²) in [5.41, 5.74) is 0.349. The molecule has 28 heavy (non-hydrogen) atoms. The van der Waals surface area contributed by atoms with E-state index in [1.165, 1.54) is 12.1 Å². The molecule has 0 bridgehead atoms. The first-order chi connectivity index (χ1) is 13.1. The summed E-state index contributed by atoms with van der Waals surface area (Å²) in [5.74, 6) is 0. The lowest BCUT2D eigenvalue weighted by Crippen LogP contribution is -2.50. The first-order valence-electron chi connectivity index (χ1n) is 9.40. The Bertz CT molecular complexity index is 873. The molecule has 0 spiro atoms. The number of likely N-dealkylation sites (N-methyl/N-ethyl adjacent to an activating group) is 1. The number of benzene rings is 1. The van der Waals surface area contributed by atoms with Gasteiger partial charge in [0.15, 0.2) is 5.58 Å². The summed E-state index contributed by atoms with van der Waals surface area (Å²) in [5, 5.41) is 10.9. The van der Waals surface area contributed by atoms with Gasteiger partial charge in [-0.25, -0.2) is 4.79 Å². The second kappa shape index (κ2) is 7.65. The van der Waals surface area contributed by atoms with E-state index >= 15 is 0 Å². The Hall–Kier alpha value is -2.84. The van der Waals surface area contributed by atoms with Crippen LogP contribution in [0.3, 0.4) is 0 Å². The Morgan fingerprint density at radius 3 is 2.86 bits per heavy atom. The van der Waals surface area contributed by atoms with Crippen LogP contribution in [-0.4, -0.2) is 52.7 Å². The largest absolute Gasteiger partial charge is 0.444 e. The van der Waals surface area contributed by atoms with Crippen LogP contribution < -0.4 is 4.90 Å². The van der Waals surface area contributed by atoms with E-state index in [1.54, 1.807) is 11.0 Å². The van der Waals surface area contributed by atoms with Gasteiger partial charge in [-0.15, -0.1) is 0 Å². The number of carbonyl (C=O) groups is 1. The normalized spacial score (nSPS) is 17.6. The summed E-state index contributed by atoms with van der Waals surface area (Å²) in [4.78, 5) is 31.0. The minimum atomic E-state index is -0.542. The summed E-state index contributed by atoms with van der Waals surface area (Å²) in [7, 11) is 1.83. The van der Waals surface area contributed by atoms with Crippen LogP contribution in [-0.2, 0) is 4.74 Å². The number of aromatic nitrogens is 1. The van der Waals surface area contributed by atoms with Crippen LogP contribution in [0.5, 0.6) is 0 Å². The van der Waals surface area contributed by atoms with Crippen LogP contribution in [0.15, 0.2) is 22.6 Å². The van der Waals surface area contributed by atoms with Crippen molar-refractivity contribution < 1.29 is 18.9 Å². The number of amides is 1. The number of piperidine rings is 1. The van der Waals surface area contributed by atoms with Gasteiger partial charge in [0.25, 0.3) is 11.7 Å². The highest BCUT2D eigenvalue weighted by atomic mass is 16.6. The Morgan fingerprint density at radius 1 is 1.43 bits per heavy atom. The third-order valence-corrected chi connectivity index (χ3v) is 4.64. The molecular weight excluding hydrogens is 364 g/mol. The summed E-state index contributed by atoms with van der Waals surface area (Å²) in [6.07, 6.45) is 2.55. The number of oxazole rings is 1. The zero-order valence-electron chi connectivity index (χ0n) is 16.7. The molecule has 1 aliphatic heterocycles. The number of nitro benzene ring substituents is 1. The van der Waals surface area contributed by atoms with Crippen molar-refractivity contribution >= 4 is 28.9 Å². The Balaban J connectivity index is 1.74. The van der Waals surface area contributed by atoms with E-state index < -0.39 is 10.5 Å². The van der Waals surface area contributed by atoms with Crippen molar-refractivity contribution in [3.8, 4) is 0 Å². The lowest BCUT2D eigenvalue weighted by molar-refractivity contribution is -0.384. The fourth-order valence-electron chi connectivity index (χ4n) is 3.33. The van der Waals surface area contributed by atoms with Crippen molar-refractivity contribution in [2.45, 2.75) is 51.7 Å². The maximum atomic E-state index is 12.6. The van der Waals surface area contributed by atoms with Crippen LogP contribution >= 0.6 is 0 Å². The van der Waals surface area contributed by atoms with Gasteiger partial charge in [0.2, 0.25) is 0 Å². The fourth-order valence-corrected chi connectivity index (χ4v) is 3.33. The molecule has 1 aliphatic rings. The molecule has 1 fully saturated rings. The first-order valence-corrected chi connectivity index (χ1v) is 9.40. The average molecular weight is 390 g/mol. The van der Waals surface area contributed by atoms with Crippen molar-refractivity contribution in [1.82, 2.24) is 9.88 Å². The number of nitrogens with zero attached hydrogens (tertiary/aromatic N) is 4. The molecule has 1 aromatic heterocycles. The Kier molecular flexibility index (Phi) is 5.44. The quantitative estimate of drug-likeness (QED) is 0.575. The number of anilines is 1. The Morgan fingerprint density at radius 2 is 2.18 bits per heavy atom. The van der Waals surface area contributed by atoms with Gasteiger partial charge in [-0.3, -0.25) is 10.1 Å². The summed E-state index contributed by atoms with van der Waals surface area (Å²) in [6, 6.07) is 4.68. The van der Waals surface area contributed by atoms with Crippen molar-refractivity contribution in [3.63, 3.8) is 0 Å². The molecule has 1 saturated heterocycles. The summed E-state index contributed by atoms with van der Waals surface area (Å²) < 4.78 is 11.3. The highest BCUT2D eigenvalue weighted by Crippen LogP contribution is 2.27. The van der Waals surface area contributed by atoms with E-state index in [1.807, 2.05) is 32.7 Å². The zero-order chi connectivity index (χ0) is 20.5. The van der Waals surface area contributed by atoms with Gasteiger partial charge in [0, 0.05) is 32.3 Å². The van der Waals surface area contributed by atoms with Crippen LogP contribution in [0.4, 0.5) is 16.5 Å².